The number of benzene rings is 2. The van der Waals surface area contributed by atoms with Gasteiger partial charge in [-0.1, -0.05) is 12.1 Å². The molecule has 0 spiro atoms. The molecule has 4 heteroatoms. The molecule has 2 aromatic carbocycles. The number of hydrogen-bond acceptors (Lipinski definition) is 3. The zero-order valence-electron chi connectivity index (χ0n) is 12.3. The molecule has 0 saturated carbocycles. The van der Waals surface area contributed by atoms with Gasteiger partial charge < -0.3 is 15.4 Å². The number of methoxy groups -OCH3 is 1. The van der Waals surface area contributed by atoms with Crippen molar-refractivity contribution >= 4 is 17.3 Å². The number of ether oxygens (including phenoxy) is 1. The first kappa shape index (κ1) is 14.9. The Balaban J connectivity index is 1.81. The van der Waals surface area contributed by atoms with Crippen LogP contribution in [-0.4, -0.2) is 19.6 Å². The van der Waals surface area contributed by atoms with Gasteiger partial charge in [0.15, 0.2) is 0 Å². The number of hydrogen-bond donors (Lipinski definition) is 2. The predicted octanol–water partition coefficient (Wildman–Crippen LogP) is 3.31. The Hall–Kier alpha value is -2.49. The second-order valence-corrected chi connectivity index (χ2v) is 4.78. The minimum atomic E-state index is -0.0600. The summed E-state index contributed by atoms with van der Waals surface area (Å²) < 4.78 is 5.14. The van der Waals surface area contributed by atoms with Crippen molar-refractivity contribution in [2.75, 3.05) is 24.3 Å². The Morgan fingerprint density at radius 1 is 1.00 bits per heavy atom. The molecule has 4 nitrogen and oxygen atoms in total. The third-order valence-electron chi connectivity index (χ3n) is 3.11. The van der Waals surface area contributed by atoms with Gasteiger partial charge in [0.1, 0.15) is 5.75 Å². The van der Waals surface area contributed by atoms with Gasteiger partial charge in [0.2, 0.25) is 5.91 Å². The molecule has 0 aliphatic heterocycles. The van der Waals surface area contributed by atoms with Gasteiger partial charge >= 0.3 is 0 Å². The molecule has 0 radical (unpaired) electrons. The van der Waals surface area contributed by atoms with E-state index in [9.17, 15) is 4.79 Å². The van der Waals surface area contributed by atoms with Gasteiger partial charge in [0.05, 0.1) is 7.11 Å². The van der Waals surface area contributed by atoms with E-state index in [1.54, 1.807) is 7.11 Å². The van der Waals surface area contributed by atoms with Crippen molar-refractivity contribution in [2.45, 2.75) is 13.3 Å². The lowest BCUT2D eigenvalue weighted by molar-refractivity contribution is -0.114. The summed E-state index contributed by atoms with van der Waals surface area (Å²) in [7, 11) is 1.67. The average molecular weight is 284 g/mol. The van der Waals surface area contributed by atoms with Crippen LogP contribution in [0.4, 0.5) is 11.4 Å². The van der Waals surface area contributed by atoms with Crippen LogP contribution in [0.1, 0.15) is 12.5 Å². The molecule has 0 aromatic heterocycles. The summed E-state index contributed by atoms with van der Waals surface area (Å²) in [5.41, 5.74) is 3.11. The topological polar surface area (TPSA) is 50.4 Å². The summed E-state index contributed by atoms with van der Waals surface area (Å²) >= 11 is 0. The van der Waals surface area contributed by atoms with Gasteiger partial charge in [-0.2, -0.15) is 0 Å². The van der Waals surface area contributed by atoms with Crippen molar-refractivity contribution in [3.05, 3.63) is 54.1 Å². The van der Waals surface area contributed by atoms with Crippen molar-refractivity contribution in [3.63, 3.8) is 0 Å². The molecule has 21 heavy (non-hydrogen) atoms. The van der Waals surface area contributed by atoms with E-state index in [4.69, 9.17) is 4.74 Å². The van der Waals surface area contributed by atoms with Gasteiger partial charge in [-0.15, -0.1) is 0 Å². The maximum atomic E-state index is 10.9. The Labute approximate surface area is 125 Å². The molecule has 1 amide bonds. The third kappa shape index (κ3) is 4.84. The summed E-state index contributed by atoms with van der Waals surface area (Å²) in [6.45, 7) is 2.35. The summed E-state index contributed by atoms with van der Waals surface area (Å²) in [4.78, 5) is 10.9. The number of rotatable bonds is 6. The zero-order chi connectivity index (χ0) is 15.1. The van der Waals surface area contributed by atoms with Crippen molar-refractivity contribution < 1.29 is 9.53 Å². The van der Waals surface area contributed by atoms with Crippen LogP contribution in [0.15, 0.2) is 48.5 Å². The van der Waals surface area contributed by atoms with Crippen molar-refractivity contribution in [1.82, 2.24) is 0 Å². The molecule has 0 bridgehead atoms. The van der Waals surface area contributed by atoms with E-state index < -0.39 is 0 Å². The number of carbonyl (C=O) groups is 1. The fourth-order valence-electron chi connectivity index (χ4n) is 2.02. The van der Waals surface area contributed by atoms with E-state index in [-0.39, 0.29) is 5.91 Å². The molecule has 2 N–H and O–H groups in total. The minimum Gasteiger partial charge on any atom is -0.497 e. The third-order valence-corrected chi connectivity index (χ3v) is 3.11. The van der Waals surface area contributed by atoms with E-state index in [1.165, 1.54) is 12.5 Å². The lowest BCUT2D eigenvalue weighted by Crippen LogP contribution is -2.07. The fourth-order valence-corrected chi connectivity index (χ4v) is 2.02. The van der Waals surface area contributed by atoms with Gasteiger partial charge in [-0.05, 0) is 48.4 Å². The highest BCUT2D eigenvalue weighted by Gasteiger charge is 1.97. The highest BCUT2D eigenvalue weighted by Crippen LogP contribution is 2.14. The van der Waals surface area contributed by atoms with E-state index in [1.807, 2.05) is 36.4 Å². The van der Waals surface area contributed by atoms with Gasteiger partial charge in [-0.25, -0.2) is 0 Å². The summed E-state index contributed by atoms with van der Waals surface area (Å²) in [5, 5.41) is 6.10. The first-order chi connectivity index (χ1) is 10.2. The molecular formula is C17H20N2O2. The van der Waals surface area contributed by atoms with Crippen LogP contribution in [-0.2, 0) is 11.2 Å². The van der Waals surface area contributed by atoms with Gasteiger partial charge in [0.25, 0.3) is 0 Å². The summed E-state index contributed by atoms with van der Waals surface area (Å²) in [6.07, 6.45) is 0.942. The smallest absolute Gasteiger partial charge is 0.221 e. The molecule has 0 aliphatic rings. The highest BCUT2D eigenvalue weighted by molar-refractivity contribution is 5.88. The molecule has 110 valence electrons. The van der Waals surface area contributed by atoms with Gasteiger partial charge in [0, 0.05) is 24.8 Å². The van der Waals surface area contributed by atoms with Crippen LogP contribution in [0, 0.1) is 0 Å². The van der Waals surface area contributed by atoms with E-state index in [0.717, 1.165) is 30.1 Å². The highest BCUT2D eigenvalue weighted by atomic mass is 16.5. The Morgan fingerprint density at radius 3 is 2.19 bits per heavy atom. The monoisotopic (exact) mass is 284 g/mol. The molecule has 0 heterocycles. The maximum absolute atomic E-state index is 10.9. The largest absolute Gasteiger partial charge is 0.497 e. The SMILES string of the molecule is COc1ccc(CCNc2ccc(NC(C)=O)cc2)cc1. The average Bonchev–Trinajstić information content (AvgIpc) is 2.49. The first-order valence-corrected chi connectivity index (χ1v) is 6.92. The van der Waals surface area contributed by atoms with Crippen molar-refractivity contribution in [2.24, 2.45) is 0 Å². The molecule has 0 unspecified atom stereocenters. The lowest BCUT2D eigenvalue weighted by Gasteiger charge is -2.08. The quantitative estimate of drug-likeness (QED) is 0.855. The van der Waals surface area contributed by atoms with Crippen molar-refractivity contribution in [3.8, 4) is 5.75 Å². The van der Waals surface area contributed by atoms with Crippen LogP contribution >= 0.6 is 0 Å². The molecule has 0 saturated heterocycles. The van der Waals surface area contributed by atoms with E-state index in [0.29, 0.717) is 0 Å². The number of amides is 1. The van der Waals surface area contributed by atoms with Crippen LogP contribution in [0.2, 0.25) is 0 Å². The summed E-state index contributed by atoms with van der Waals surface area (Å²) in [5.74, 6) is 0.815. The normalized spacial score (nSPS) is 10.0. The standard InChI is InChI=1S/C17H20N2O2/c1-13(20)19-16-7-5-15(6-8-16)18-12-11-14-3-9-17(21-2)10-4-14/h3-10,18H,11-12H2,1-2H3,(H,19,20). The second kappa shape index (κ2) is 7.33. The maximum Gasteiger partial charge on any atom is 0.221 e. The number of carbonyl (C=O) groups excluding carboxylic acids is 1. The molecular weight excluding hydrogens is 264 g/mol. The Kier molecular flexibility index (Phi) is 5.21. The van der Waals surface area contributed by atoms with E-state index >= 15 is 0 Å². The summed E-state index contributed by atoms with van der Waals surface area (Å²) in [6, 6.07) is 15.8. The number of anilines is 2. The zero-order valence-corrected chi connectivity index (χ0v) is 12.3. The molecule has 2 aromatic rings. The molecule has 2 rings (SSSR count). The second-order valence-electron chi connectivity index (χ2n) is 4.78. The van der Waals surface area contributed by atoms with Crippen LogP contribution in [0.3, 0.4) is 0 Å². The minimum absolute atomic E-state index is 0.0600. The number of nitrogens with one attached hydrogen (secondary N) is 2. The first-order valence-electron chi connectivity index (χ1n) is 6.92. The van der Waals surface area contributed by atoms with E-state index in [2.05, 4.69) is 22.8 Å². The van der Waals surface area contributed by atoms with Crippen LogP contribution < -0.4 is 15.4 Å². The molecule has 0 fully saturated rings. The van der Waals surface area contributed by atoms with Crippen molar-refractivity contribution in [1.29, 1.82) is 0 Å². The Morgan fingerprint density at radius 2 is 1.62 bits per heavy atom. The predicted molar refractivity (Wildman–Crippen MR) is 85.9 cm³/mol. The lowest BCUT2D eigenvalue weighted by atomic mass is 10.1. The molecule has 0 atom stereocenters. The fraction of sp³-hybridized carbons (Fsp3) is 0.235. The molecule has 0 aliphatic carbocycles. The van der Waals surface area contributed by atoms with Crippen LogP contribution in [0.5, 0.6) is 5.75 Å². The Bertz CT molecular complexity index is 577. The van der Waals surface area contributed by atoms with Crippen LogP contribution in [0.25, 0.3) is 0 Å². The van der Waals surface area contributed by atoms with Gasteiger partial charge in [-0.3, -0.25) is 4.79 Å².